The molecule has 102 heavy (non-hydrogen) atoms. The number of nitrogens with zero attached hydrogens (tertiary/aromatic N) is 1. The Morgan fingerprint density at radius 2 is 0.363 bits per heavy atom. The first kappa shape index (κ1) is 70.9. The van der Waals surface area contributed by atoms with Crippen molar-refractivity contribution in [2.75, 3.05) is 0 Å². The Morgan fingerprint density at radius 1 is 0.206 bits per heavy atom. The van der Waals surface area contributed by atoms with Gasteiger partial charge in [-0.05, 0) is 185 Å². The van der Waals surface area contributed by atoms with Gasteiger partial charge in [0.1, 0.15) is 26.2 Å². The van der Waals surface area contributed by atoms with Gasteiger partial charge < -0.3 is 21.5 Å². The second-order valence-corrected chi connectivity index (χ2v) is 25.1. The minimum Gasteiger partial charge on any atom is -1.00 e. The van der Waals surface area contributed by atoms with Crippen molar-refractivity contribution in [3.8, 4) is 66.8 Å². The summed E-state index contributed by atoms with van der Waals surface area (Å²) in [6.45, 7) is -3.46. The Labute approximate surface area is 570 Å². The number of quaternary nitrogens is 1. The van der Waals surface area contributed by atoms with E-state index in [1.54, 1.807) is 0 Å². The topological polar surface area (TPSA) is 0 Å². The van der Waals surface area contributed by atoms with Crippen molar-refractivity contribution < 1.29 is 127 Å². The van der Waals surface area contributed by atoms with Crippen LogP contribution in [0.5, 0.6) is 0 Å². The molecule has 0 fully saturated rings. The fourth-order valence-corrected chi connectivity index (χ4v) is 14.5. The van der Waals surface area contributed by atoms with Crippen molar-refractivity contribution in [3.63, 3.8) is 0 Å². The van der Waals surface area contributed by atoms with Crippen LogP contribution in [0.15, 0.2) is 194 Å². The number of benzene rings is 12. The molecule has 1 nitrogen and oxygen atoms in total. The maximum atomic E-state index is 15.3. The Kier molecular flexibility index (Phi) is 16.7. The zero-order valence-electron chi connectivity index (χ0n) is 51.2. The van der Waals surface area contributed by atoms with Crippen molar-refractivity contribution >= 4 is 43.1 Å². The van der Waals surface area contributed by atoms with Crippen LogP contribution in [-0.4, -0.2) is 4.48 Å². The summed E-state index contributed by atoms with van der Waals surface area (Å²) in [5, 5.41) is 0.510. The van der Waals surface area contributed by atoms with Crippen LogP contribution in [0.2, 0.25) is 0 Å². The van der Waals surface area contributed by atoms with Crippen molar-refractivity contribution in [1.82, 2.24) is 0 Å². The van der Waals surface area contributed by atoms with Gasteiger partial charge in [-0.1, -0.05) is 97.1 Å². The number of alkyl halides is 24. The van der Waals surface area contributed by atoms with E-state index in [1.165, 1.54) is 121 Å². The standard InChI is InChI=1S/C76H40F24N.BrH/c77-69(78,79)45-17-41(18-46(29-45)70(80,81)82)57-25-37-9-1-5-13-53(37)65-61(57)33-101(34-62-58(26-38-10-2-6-14-54(38)66(62)65)42-19-47(71(83,84)85)30-48(20-42)72(86,87)88)35-63-59(43-21-49(73(89,90)91)31-50(22-43)74(92,93)94)27-39-11-3-7-15-55(39)67(63)68-56-16-8-4-12-40(56)28-60(64(68)36-101)44-23-51(75(95,96)97)32-52(24-44)76(98,99)100;/h1-32H,33-36H2;1H/q+1;/p-1. The average Bonchev–Trinajstić information content (AvgIpc) is 1.49. The summed E-state index contributed by atoms with van der Waals surface area (Å²) in [6.07, 6.45) is -44.4. The van der Waals surface area contributed by atoms with Crippen molar-refractivity contribution in [1.29, 1.82) is 0 Å². The minimum absolute atomic E-state index is 0. The lowest BCUT2D eigenvalue weighted by Crippen LogP contribution is -3.00. The van der Waals surface area contributed by atoms with E-state index in [-0.39, 0.29) is 129 Å². The maximum Gasteiger partial charge on any atom is 0.416 e. The van der Waals surface area contributed by atoms with E-state index in [0.717, 1.165) is 0 Å². The largest absolute Gasteiger partial charge is 1.00 e. The van der Waals surface area contributed by atoms with E-state index < -0.39 is 169 Å². The van der Waals surface area contributed by atoms with Crippen LogP contribution in [0.25, 0.3) is 110 Å². The normalized spacial score (nSPS) is 14.5. The van der Waals surface area contributed by atoms with Gasteiger partial charge >= 0.3 is 49.4 Å². The molecule has 0 bridgehead atoms. The van der Waals surface area contributed by atoms with Gasteiger partial charge in [0.25, 0.3) is 0 Å². The number of hydrogen-bond acceptors (Lipinski definition) is 0. The summed E-state index contributed by atoms with van der Waals surface area (Å²) in [4.78, 5) is 0. The van der Waals surface area contributed by atoms with E-state index in [0.29, 0.717) is 48.5 Å². The van der Waals surface area contributed by atoms with Crippen molar-refractivity contribution in [3.05, 3.63) is 261 Å². The van der Waals surface area contributed by atoms with Crippen LogP contribution in [0.1, 0.15) is 66.8 Å². The third-order valence-corrected chi connectivity index (χ3v) is 18.7. The Bertz CT molecular complexity index is 4630. The van der Waals surface area contributed by atoms with Crippen LogP contribution < -0.4 is 17.0 Å². The summed E-state index contributed by atoms with van der Waals surface area (Å²) < 4.78 is 366. The Morgan fingerprint density at radius 3 is 0.520 bits per heavy atom. The molecule has 1 spiro atoms. The smallest absolute Gasteiger partial charge is 0.416 e. The average molecular weight is 1500 g/mol. The summed E-state index contributed by atoms with van der Waals surface area (Å²) in [7, 11) is 0. The molecule has 0 saturated carbocycles. The van der Waals surface area contributed by atoms with Gasteiger partial charge in [-0.15, -0.1) is 0 Å². The molecular formula is C76H40BrF24N. The molecule has 524 valence electrons. The first-order valence-electron chi connectivity index (χ1n) is 30.3. The number of fused-ring (bicyclic) bond motifs is 14. The van der Waals surface area contributed by atoms with Gasteiger partial charge in [0.15, 0.2) is 0 Å². The first-order chi connectivity index (χ1) is 47.0. The number of halogens is 25. The summed E-state index contributed by atoms with van der Waals surface area (Å²) in [5.41, 5.74) is -21.5. The summed E-state index contributed by atoms with van der Waals surface area (Å²) >= 11 is 0. The van der Waals surface area contributed by atoms with E-state index in [2.05, 4.69) is 0 Å². The van der Waals surface area contributed by atoms with E-state index in [4.69, 9.17) is 0 Å². The zero-order valence-corrected chi connectivity index (χ0v) is 52.8. The van der Waals surface area contributed by atoms with Gasteiger partial charge in [-0.25, -0.2) is 0 Å². The molecule has 2 aliphatic heterocycles. The van der Waals surface area contributed by atoms with E-state index in [9.17, 15) is 0 Å². The van der Waals surface area contributed by atoms with E-state index in [1.807, 2.05) is 0 Å². The van der Waals surface area contributed by atoms with Gasteiger partial charge in [0.05, 0.1) is 44.5 Å². The van der Waals surface area contributed by atoms with Crippen LogP contribution in [-0.2, 0) is 75.6 Å². The molecule has 2 heterocycles. The molecule has 0 atom stereocenters. The second kappa shape index (κ2) is 24.0. The van der Waals surface area contributed by atoms with Crippen LogP contribution in [0, 0.1) is 0 Å². The fraction of sp³-hybridized carbons (Fsp3) is 0.158. The molecule has 12 aromatic carbocycles. The monoisotopic (exact) mass is 1500 g/mol. The highest BCUT2D eigenvalue weighted by molar-refractivity contribution is 6.14. The predicted octanol–water partition coefficient (Wildman–Crippen LogP) is 23.0. The van der Waals surface area contributed by atoms with Crippen molar-refractivity contribution in [2.45, 2.75) is 75.6 Å². The SMILES string of the molecule is FC(F)(F)c1cc(-c2cc3ccccc3c3c2C[N+]2(Cc4c(-c5cc(C(F)(F)F)cc(C(F)(F)F)c5)cc5ccccc5c4-3)Cc3c(-c4cc(C(F)(F)F)cc(C(F)(F)F)c4)cc4ccccc4c3-c3c(c(-c4cc(C(F)(F)F)cc(C(F)(F)F)c4)cc4ccccc34)C2)cc(C(F)(F)F)c1.[Br-]. The molecule has 26 heteroatoms. The highest BCUT2D eigenvalue weighted by atomic mass is 79.9. The first-order valence-corrected chi connectivity index (χ1v) is 30.3. The quantitative estimate of drug-likeness (QED) is 0.122. The highest BCUT2D eigenvalue weighted by Gasteiger charge is 2.47. The lowest BCUT2D eigenvalue weighted by atomic mass is 9.81. The molecular weight excluding hydrogens is 1460 g/mol. The molecule has 0 aliphatic carbocycles. The second-order valence-electron chi connectivity index (χ2n) is 25.1. The third-order valence-electron chi connectivity index (χ3n) is 18.7. The fourth-order valence-electron chi connectivity index (χ4n) is 14.5. The summed E-state index contributed by atoms with van der Waals surface area (Å²) in [5.74, 6) is 0. The summed E-state index contributed by atoms with van der Waals surface area (Å²) in [6, 6.07) is 30.0. The maximum absolute atomic E-state index is 15.3. The molecule has 0 unspecified atom stereocenters. The van der Waals surface area contributed by atoms with Crippen LogP contribution >= 0.6 is 0 Å². The molecule has 0 N–H and O–H groups in total. The van der Waals surface area contributed by atoms with Crippen LogP contribution in [0.4, 0.5) is 105 Å². The van der Waals surface area contributed by atoms with Gasteiger partial charge in [0, 0.05) is 44.5 Å². The van der Waals surface area contributed by atoms with Gasteiger partial charge in [-0.3, -0.25) is 0 Å². The molecule has 0 saturated heterocycles. The Balaban J connectivity index is 0.00000928. The minimum atomic E-state index is -5.54. The lowest BCUT2D eigenvalue weighted by Gasteiger charge is -2.39. The predicted molar refractivity (Wildman–Crippen MR) is 331 cm³/mol. The number of rotatable bonds is 4. The van der Waals surface area contributed by atoms with Gasteiger partial charge in [-0.2, -0.15) is 105 Å². The molecule has 14 rings (SSSR count). The molecule has 0 aromatic heterocycles. The molecule has 2 aliphatic rings. The zero-order chi connectivity index (χ0) is 72.4. The van der Waals surface area contributed by atoms with Crippen molar-refractivity contribution in [2.24, 2.45) is 0 Å². The van der Waals surface area contributed by atoms with E-state index >= 15 is 105 Å². The molecule has 12 aromatic rings. The number of hydrogen-bond donors (Lipinski definition) is 0. The molecule has 0 radical (unpaired) electrons. The molecule has 0 amide bonds. The highest BCUT2D eigenvalue weighted by Crippen LogP contribution is 2.58. The van der Waals surface area contributed by atoms with Gasteiger partial charge in [0.2, 0.25) is 0 Å². The third kappa shape index (κ3) is 12.7. The van der Waals surface area contributed by atoms with Crippen LogP contribution in [0.3, 0.4) is 0 Å². The Hall–Kier alpha value is -9.56. The lowest BCUT2D eigenvalue weighted by molar-refractivity contribution is -0.977.